The fraction of sp³-hybridized carbons (Fsp3) is 0.389. The van der Waals surface area contributed by atoms with E-state index in [0.29, 0.717) is 0 Å². The monoisotopic (exact) mass is 299 g/mol. The van der Waals surface area contributed by atoms with Gasteiger partial charge in [-0.25, -0.2) is 4.98 Å². The molecule has 118 valence electrons. The Kier molecular flexibility index (Phi) is 6.22. The Balaban J connectivity index is 1.89. The molecule has 0 radical (unpaired) electrons. The number of pyridine rings is 1. The molecule has 1 aromatic carbocycles. The molecule has 0 bridgehead atoms. The first kappa shape index (κ1) is 16.3. The lowest BCUT2D eigenvalue weighted by Gasteiger charge is -2.11. The maximum atomic E-state index is 5.59. The SMILES string of the molecule is CCCOc1ccc(CNc2cc(CN(C)C)ccn2)cc1. The van der Waals surface area contributed by atoms with Crippen LogP contribution in [-0.2, 0) is 13.1 Å². The number of hydrogen-bond donors (Lipinski definition) is 1. The highest BCUT2D eigenvalue weighted by atomic mass is 16.5. The molecule has 0 fully saturated rings. The van der Waals surface area contributed by atoms with Crippen LogP contribution in [0, 0.1) is 0 Å². The molecule has 0 aliphatic carbocycles. The fourth-order valence-corrected chi connectivity index (χ4v) is 2.15. The normalized spacial score (nSPS) is 10.7. The smallest absolute Gasteiger partial charge is 0.126 e. The molecule has 2 aromatic rings. The van der Waals surface area contributed by atoms with E-state index in [0.717, 1.165) is 37.7 Å². The molecule has 0 atom stereocenters. The van der Waals surface area contributed by atoms with Gasteiger partial charge in [0.2, 0.25) is 0 Å². The summed E-state index contributed by atoms with van der Waals surface area (Å²) in [5.41, 5.74) is 2.47. The number of nitrogens with zero attached hydrogens (tertiary/aromatic N) is 2. The summed E-state index contributed by atoms with van der Waals surface area (Å²) in [6.45, 7) is 4.54. The molecule has 0 spiro atoms. The van der Waals surface area contributed by atoms with E-state index in [-0.39, 0.29) is 0 Å². The van der Waals surface area contributed by atoms with Crippen molar-refractivity contribution in [2.24, 2.45) is 0 Å². The average Bonchev–Trinajstić information content (AvgIpc) is 2.52. The van der Waals surface area contributed by atoms with Crippen LogP contribution in [-0.4, -0.2) is 30.6 Å². The van der Waals surface area contributed by atoms with Crippen molar-refractivity contribution in [3.63, 3.8) is 0 Å². The molecule has 2 rings (SSSR count). The summed E-state index contributed by atoms with van der Waals surface area (Å²) in [6.07, 6.45) is 2.88. The van der Waals surface area contributed by atoms with Gasteiger partial charge in [0.25, 0.3) is 0 Å². The Morgan fingerprint density at radius 3 is 2.55 bits per heavy atom. The van der Waals surface area contributed by atoms with Crippen molar-refractivity contribution >= 4 is 5.82 Å². The van der Waals surface area contributed by atoms with Gasteiger partial charge in [0, 0.05) is 19.3 Å². The highest BCUT2D eigenvalue weighted by molar-refractivity contribution is 5.39. The molecule has 22 heavy (non-hydrogen) atoms. The van der Waals surface area contributed by atoms with E-state index in [1.165, 1.54) is 11.1 Å². The second kappa shape index (κ2) is 8.39. The minimum atomic E-state index is 0.756. The molecule has 0 unspecified atom stereocenters. The Morgan fingerprint density at radius 2 is 1.86 bits per heavy atom. The zero-order valence-electron chi connectivity index (χ0n) is 13.7. The number of hydrogen-bond acceptors (Lipinski definition) is 4. The van der Waals surface area contributed by atoms with Gasteiger partial charge in [0.1, 0.15) is 11.6 Å². The second-order valence-corrected chi connectivity index (χ2v) is 5.63. The summed E-state index contributed by atoms with van der Waals surface area (Å²) >= 11 is 0. The molecule has 1 N–H and O–H groups in total. The molecule has 1 aromatic heterocycles. The fourth-order valence-electron chi connectivity index (χ4n) is 2.15. The highest BCUT2D eigenvalue weighted by Crippen LogP contribution is 2.14. The summed E-state index contributed by atoms with van der Waals surface area (Å²) in [5, 5.41) is 3.37. The molecule has 0 saturated heterocycles. The van der Waals surface area contributed by atoms with Gasteiger partial charge in [-0.15, -0.1) is 0 Å². The van der Waals surface area contributed by atoms with Crippen LogP contribution in [0.3, 0.4) is 0 Å². The van der Waals surface area contributed by atoms with Gasteiger partial charge in [0.15, 0.2) is 0 Å². The lowest BCUT2D eigenvalue weighted by molar-refractivity contribution is 0.317. The number of anilines is 1. The summed E-state index contributed by atoms with van der Waals surface area (Å²) < 4.78 is 5.59. The highest BCUT2D eigenvalue weighted by Gasteiger charge is 2.00. The molecule has 4 heteroatoms. The first-order valence-corrected chi connectivity index (χ1v) is 7.72. The Morgan fingerprint density at radius 1 is 1.09 bits per heavy atom. The Hall–Kier alpha value is -2.07. The van der Waals surface area contributed by atoms with Gasteiger partial charge < -0.3 is 15.0 Å². The minimum Gasteiger partial charge on any atom is -0.494 e. The second-order valence-electron chi connectivity index (χ2n) is 5.63. The Bertz CT molecular complexity index is 567. The predicted octanol–water partition coefficient (Wildman–Crippen LogP) is 3.54. The third-order valence-corrected chi connectivity index (χ3v) is 3.19. The zero-order chi connectivity index (χ0) is 15.8. The van der Waals surface area contributed by atoms with Crippen LogP contribution < -0.4 is 10.1 Å². The largest absolute Gasteiger partial charge is 0.494 e. The molecule has 1 heterocycles. The van der Waals surface area contributed by atoms with Crippen LogP contribution in [0.4, 0.5) is 5.82 Å². The molecule has 0 aliphatic heterocycles. The first-order valence-electron chi connectivity index (χ1n) is 7.72. The molecular formula is C18H25N3O. The third kappa shape index (κ3) is 5.37. The van der Waals surface area contributed by atoms with E-state index in [1.54, 1.807) is 0 Å². The predicted molar refractivity (Wildman–Crippen MR) is 91.2 cm³/mol. The lowest BCUT2D eigenvalue weighted by atomic mass is 10.2. The maximum absolute atomic E-state index is 5.59. The first-order chi connectivity index (χ1) is 10.7. The molecule has 4 nitrogen and oxygen atoms in total. The van der Waals surface area contributed by atoms with Crippen LogP contribution >= 0.6 is 0 Å². The summed E-state index contributed by atoms with van der Waals surface area (Å²) in [4.78, 5) is 6.51. The quantitative estimate of drug-likeness (QED) is 0.809. The standard InChI is InChI=1S/C18H25N3O/c1-4-11-22-17-7-5-15(6-8-17)13-20-18-12-16(9-10-19-18)14-21(2)3/h5-10,12H,4,11,13-14H2,1-3H3,(H,19,20). The number of ether oxygens (including phenoxy) is 1. The summed E-state index contributed by atoms with van der Waals surface area (Å²) in [6, 6.07) is 12.3. The zero-order valence-corrected chi connectivity index (χ0v) is 13.7. The number of benzene rings is 1. The minimum absolute atomic E-state index is 0.756. The van der Waals surface area contributed by atoms with Gasteiger partial charge in [-0.1, -0.05) is 19.1 Å². The molecule has 0 amide bonds. The average molecular weight is 299 g/mol. The third-order valence-electron chi connectivity index (χ3n) is 3.19. The molecule has 0 aliphatic rings. The summed E-state index contributed by atoms with van der Waals surface area (Å²) in [5.74, 6) is 1.84. The number of rotatable bonds is 8. The van der Waals surface area contributed by atoms with Crippen molar-refractivity contribution in [3.05, 3.63) is 53.7 Å². The van der Waals surface area contributed by atoms with E-state index >= 15 is 0 Å². The van der Waals surface area contributed by atoms with Crippen LogP contribution in [0.15, 0.2) is 42.6 Å². The van der Waals surface area contributed by atoms with Crippen molar-refractivity contribution in [1.82, 2.24) is 9.88 Å². The maximum Gasteiger partial charge on any atom is 0.126 e. The van der Waals surface area contributed by atoms with Crippen molar-refractivity contribution in [1.29, 1.82) is 0 Å². The molecule has 0 saturated carbocycles. The van der Waals surface area contributed by atoms with Crippen molar-refractivity contribution < 1.29 is 4.74 Å². The van der Waals surface area contributed by atoms with Crippen LogP contribution in [0.2, 0.25) is 0 Å². The van der Waals surface area contributed by atoms with Gasteiger partial charge in [-0.2, -0.15) is 0 Å². The van der Waals surface area contributed by atoms with E-state index < -0.39 is 0 Å². The van der Waals surface area contributed by atoms with Gasteiger partial charge >= 0.3 is 0 Å². The van der Waals surface area contributed by atoms with Gasteiger partial charge in [0.05, 0.1) is 6.61 Å². The van der Waals surface area contributed by atoms with E-state index in [9.17, 15) is 0 Å². The van der Waals surface area contributed by atoms with Crippen LogP contribution in [0.5, 0.6) is 5.75 Å². The van der Waals surface area contributed by atoms with Crippen LogP contribution in [0.25, 0.3) is 0 Å². The van der Waals surface area contributed by atoms with Crippen molar-refractivity contribution in [2.45, 2.75) is 26.4 Å². The van der Waals surface area contributed by atoms with E-state index in [4.69, 9.17) is 4.74 Å². The topological polar surface area (TPSA) is 37.4 Å². The van der Waals surface area contributed by atoms with Crippen molar-refractivity contribution in [2.75, 3.05) is 26.0 Å². The van der Waals surface area contributed by atoms with Crippen molar-refractivity contribution in [3.8, 4) is 5.75 Å². The number of nitrogens with one attached hydrogen (secondary N) is 1. The molecular weight excluding hydrogens is 274 g/mol. The van der Waals surface area contributed by atoms with E-state index in [2.05, 4.69) is 54.4 Å². The Labute approximate surface area is 133 Å². The lowest BCUT2D eigenvalue weighted by Crippen LogP contribution is -2.11. The van der Waals surface area contributed by atoms with E-state index in [1.807, 2.05) is 24.4 Å². The number of aromatic nitrogens is 1. The summed E-state index contributed by atoms with van der Waals surface area (Å²) in [7, 11) is 4.13. The van der Waals surface area contributed by atoms with Gasteiger partial charge in [-0.05, 0) is 55.9 Å². The van der Waals surface area contributed by atoms with Crippen LogP contribution in [0.1, 0.15) is 24.5 Å². The van der Waals surface area contributed by atoms with Gasteiger partial charge in [-0.3, -0.25) is 0 Å².